The first kappa shape index (κ1) is 26.5. The number of H-pyrrole nitrogens is 1. The van der Waals surface area contributed by atoms with Crippen LogP contribution in [0.1, 0.15) is 26.7 Å². The molecule has 12 heteroatoms. The number of aromatic nitrogens is 2. The van der Waals surface area contributed by atoms with Gasteiger partial charge in [0.25, 0.3) is 0 Å². The minimum absolute atomic E-state index is 0.0740. The number of fused-ring (bicyclic) bond motifs is 1. The Morgan fingerprint density at radius 1 is 1.02 bits per heavy atom. The van der Waals surface area contributed by atoms with Crippen LogP contribution in [0.15, 0.2) is 59.3 Å². The third kappa shape index (κ3) is 4.52. The topological polar surface area (TPSA) is 151 Å². The van der Waals surface area contributed by atoms with Gasteiger partial charge in [-0.25, -0.2) is 4.79 Å². The molecule has 204 valence electrons. The maximum absolute atomic E-state index is 12.6. The summed E-state index contributed by atoms with van der Waals surface area (Å²) in [6.45, 7) is 0. The van der Waals surface area contributed by atoms with Crippen LogP contribution in [0.3, 0.4) is 0 Å². The molecular weight excluding hydrogens is 536 g/mol. The molecule has 1 aliphatic heterocycles. The maximum Gasteiger partial charge on any atom is 0.353 e. The SMILES string of the molecule is COc1cc([C@H]2C(C#N)=C(N)Oc3n[nH]c(-c4cc(OC)c(OC)c(OC)c4)c32)ccc1OC(=O)c1cccs1. The predicted octanol–water partition coefficient (Wildman–Crippen LogP) is 4.61. The van der Waals surface area contributed by atoms with Crippen molar-refractivity contribution in [3.8, 4) is 52.0 Å². The van der Waals surface area contributed by atoms with Gasteiger partial charge in [-0.05, 0) is 41.3 Å². The van der Waals surface area contributed by atoms with Crippen molar-refractivity contribution in [3.63, 3.8) is 0 Å². The molecule has 5 rings (SSSR count). The lowest BCUT2D eigenvalue weighted by molar-refractivity contribution is 0.0734. The molecule has 1 aliphatic rings. The average molecular weight is 561 g/mol. The number of nitrogens with one attached hydrogen (secondary N) is 1. The summed E-state index contributed by atoms with van der Waals surface area (Å²) >= 11 is 1.27. The predicted molar refractivity (Wildman–Crippen MR) is 145 cm³/mol. The summed E-state index contributed by atoms with van der Waals surface area (Å²) in [7, 11) is 6.02. The number of aromatic amines is 1. The number of carbonyl (C=O) groups excluding carboxylic acids is 1. The molecule has 0 spiro atoms. The number of nitrogens with two attached hydrogens (primary N) is 1. The number of nitriles is 1. The molecule has 0 saturated heterocycles. The van der Waals surface area contributed by atoms with Crippen LogP contribution < -0.4 is 34.2 Å². The normalized spacial score (nSPS) is 14.0. The lowest BCUT2D eigenvalue weighted by Crippen LogP contribution is -2.21. The van der Waals surface area contributed by atoms with Crippen LogP contribution in [-0.2, 0) is 0 Å². The molecule has 0 amide bonds. The minimum Gasteiger partial charge on any atom is -0.493 e. The van der Waals surface area contributed by atoms with Crippen LogP contribution in [0.25, 0.3) is 11.3 Å². The fourth-order valence-electron chi connectivity index (χ4n) is 4.52. The number of thiophene rings is 1. The smallest absolute Gasteiger partial charge is 0.353 e. The van der Waals surface area contributed by atoms with Crippen molar-refractivity contribution in [2.45, 2.75) is 5.92 Å². The number of methoxy groups -OCH3 is 4. The first-order valence-electron chi connectivity index (χ1n) is 11.8. The van der Waals surface area contributed by atoms with E-state index in [-0.39, 0.29) is 23.1 Å². The Labute approximate surface area is 233 Å². The number of allylic oxidation sites excluding steroid dienone is 1. The van der Waals surface area contributed by atoms with E-state index in [0.29, 0.717) is 50.3 Å². The van der Waals surface area contributed by atoms with E-state index in [9.17, 15) is 10.1 Å². The van der Waals surface area contributed by atoms with Crippen LogP contribution in [0, 0.1) is 11.3 Å². The van der Waals surface area contributed by atoms with E-state index in [4.69, 9.17) is 34.2 Å². The molecule has 2 aromatic heterocycles. The first-order chi connectivity index (χ1) is 19.4. The molecule has 0 aliphatic carbocycles. The number of hydrogen-bond acceptors (Lipinski definition) is 11. The molecule has 1 atom stereocenters. The lowest BCUT2D eigenvalue weighted by atomic mass is 9.83. The van der Waals surface area contributed by atoms with Gasteiger partial charge in [0.1, 0.15) is 16.5 Å². The minimum atomic E-state index is -0.697. The maximum atomic E-state index is 12.6. The molecule has 0 saturated carbocycles. The third-order valence-electron chi connectivity index (χ3n) is 6.34. The van der Waals surface area contributed by atoms with Crippen molar-refractivity contribution < 1.29 is 33.2 Å². The van der Waals surface area contributed by atoms with Gasteiger partial charge in [0.05, 0.1) is 45.6 Å². The highest BCUT2D eigenvalue weighted by atomic mass is 32.1. The summed E-state index contributed by atoms with van der Waals surface area (Å²) in [5.41, 5.74) is 8.71. The lowest BCUT2D eigenvalue weighted by Gasteiger charge is -2.25. The quantitative estimate of drug-likeness (QED) is 0.231. The molecule has 0 unspecified atom stereocenters. The van der Waals surface area contributed by atoms with Crippen LogP contribution in [0.2, 0.25) is 0 Å². The van der Waals surface area contributed by atoms with Gasteiger partial charge in [0, 0.05) is 5.56 Å². The summed E-state index contributed by atoms with van der Waals surface area (Å²) in [4.78, 5) is 13.0. The zero-order valence-electron chi connectivity index (χ0n) is 21.9. The fraction of sp³-hybridized carbons (Fsp3) is 0.179. The Hall–Kier alpha value is -5.15. The summed E-state index contributed by atoms with van der Waals surface area (Å²) in [5.74, 6) is 0.744. The molecule has 0 radical (unpaired) electrons. The van der Waals surface area contributed by atoms with Crippen molar-refractivity contribution >= 4 is 17.3 Å². The molecule has 2 aromatic carbocycles. The molecular formula is C28H24N4O7S. The molecule has 0 fully saturated rings. The number of hydrogen-bond donors (Lipinski definition) is 2. The van der Waals surface area contributed by atoms with Crippen LogP contribution in [0.4, 0.5) is 0 Å². The van der Waals surface area contributed by atoms with Crippen LogP contribution in [0.5, 0.6) is 34.6 Å². The van der Waals surface area contributed by atoms with Gasteiger partial charge in [-0.3, -0.25) is 5.10 Å². The molecule has 3 N–H and O–H groups in total. The second-order valence-electron chi connectivity index (χ2n) is 8.43. The summed E-state index contributed by atoms with van der Waals surface area (Å²) in [5, 5.41) is 19.2. The zero-order chi connectivity index (χ0) is 28.4. The Morgan fingerprint density at radius 3 is 2.35 bits per heavy atom. The zero-order valence-corrected chi connectivity index (χ0v) is 22.8. The highest BCUT2D eigenvalue weighted by Gasteiger charge is 2.36. The number of rotatable bonds is 8. The summed E-state index contributed by atoms with van der Waals surface area (Å²) in [6, 6.07) is 14.2. The fourth-order valence-corrected chi connectivity index (χ4v) is 5.12. The van der Waals surface area contributed by atoms with Gasteiger partial charge in [-0.2, -0.15) is 5.26 Å². The molecule has 3 heterocycles. The van der Waals surface area contributed by atoms with Crippen molar-refractivity contribution in [1.82, 2.24) is 10.2 Å². The first-order valence-corrected chi connectivity index (χ1v) is 12.7. The van der Waals surface area contributed by atoms with Crippen LogP contribution in [-0.4, -0.2) is 44.6 Å². The van der Waals surface area contributed by atoms with Crippen molar-refractivity contribution in [3.05, 3.63) is 75.3 Å². The van der Waals surface area contributed by atoms with E-state index in [0.717, 1.165) is 0 Å². The van der Waals surface area contributed by atoms with Gasteiger partial charge in [0.2, 0.25) is 17.5 Å². The van der Waals surface area contributed by atoms with E-state index in [1.165, 1.54) is 39.8 Å². The second kappa shape index (κ2) is 10.9. The number of esters is 1. The number of benzene rings is 2. The van der Waals surface area contributed by atoms with Gasteiger partial charge < -0.3 is 34.2 Å². The second-order valence-corrected chi connectivity index (χ2v) is 9.38. The Kier molecular flexibility index (Phi) is 7.22. The third-order valence-corrected chi connectivity index (χ3v) is 7.19. The summed E-state index contributed by atoms with van der Waals surface area (Å²) < 4.78 is 33.4. The van der Waals surface area contributed by atoms with E-state index < -0.39 is 11.9 Å². The standard InChI is InChI=1S/C28H24N4O7S/c1-34-18-10-14(7-8-17(18)38-28(33)21-6-5-9-40-21)22-16(13-29)26(30)39-27-23(22)24(31-32-27)15-11-19(35-2)25(37-4)20(12-15)36-3/h5-12,22H,30H2,1-4H3,(H,31,32)/t22-/m0/s1. The van der Waals surface area contributed by atoms with E-state index in [2.05, 4.69) is 16.3 Å². The summed E-state index contributed by atoms with van der Waals surface area (Å²) in [6.07, 6.45) is 0. The number of carbonyl (C=O) groups is 1. The molecule has 0 bridgehead atoms. The van der Waals surface area contributed by atoms with E-state index in [1.54, 1.807) is 47.8 Å². The molecule has 4 aromatic rings. The monoisotopic (exact) mass is 560 g/mol. The Balaban J connectivity index is 1.63. The van der Waals surface area contributed by atoms with Crippen molar-refractivity contribution in [2.75, 3.05) is 28.4 Å². The Morgan fingerprint density at radius 2 is 1.75 bits per heavy atom. The van der Waals surface area contributed by atoms with Crippen molar-refractivity contribution in [2.24, 2.45) is 5.73 Å². The highest BCUT2D eigenvalue weighted by molar-refractivity contribution is 7.12. The number of ether oxygens (including phenoxy) is 6. The largest absolute Gasteiger partial charge is 0.493 e. The Bertz CT molecular complexity index is 1630. The van der Waals surface area contributed by atoms with E-state index >= 15 is 0 Å². The highest BCUT2D eigenvalue weighted by Crippen LogP contribution is 2.49. The van der Waals surface area contributed by atoms with Gasteiger partial charge in [-0.15, -0.1) is 16.4 Å². The van der Waals surface area contributed by atoms with Gasteiger partial charge >= 0.3 is 5.97 Å². The number of nitrogens with zero attached hydrogens (tertiary/aromatic N) is 2. The molecule has 40 heavy (non-hydrogen) atoms. The van der Waals surface area contributed by atoms with Gasteiger partial charge in [0.15, 0.2) is 23.0 Å². The average Bonchev–Trinajstić information content (AvgIpc) is 3.66. The van der Waals surface area contributed by atoms with Crippen LogP contribution >= 0.6 is 11.3 Å². The van der Waals surface area contributed by atoms with E-state index in [1.807, 2.05) is 0 Å². The van der Waals surface area contributed by atoms with Gasteiger partial charge in [-0.1, -0.05) is 12.1 Å². The molecule has 11 nitrogen and oxygen atoms in total. The van der Waals surface area contributed by atoms with Crippen molar-refractivity contribution in [1.29, 1.82) is 5.26 Å².